The van der Waals surface area contributed by atoms with Crippen LogP contribution in [0.2, 0.25) is 0 Å². The van der Waals surface area contributed by atoms with E-state index in [-0.39, 0.29) is 5.78 Å². The molecule has 34 heavy (non-hydrogen) atoms. The lowest BCUT2D eigenvalue weighted by Gasteiger charge is -2.27. The summed E-state index contributed by atoms with van der Waals surface area (Å²) in [4.78, 5) is 15.4. The van der Waals surface area contributed by atoms with Gasteiger partial charge in [-0.2, -0.15) is 0 Å². The van der Waals surface area contributed by atoms with Gasteiger partial charge in [0.2, 0.25) is 5.95 Å². The van der Waals surface area contributed by atoms with Crippen molar-refractivity contribution in [3.05, 3.63) is 41.2 Å². The Kier molecular flexibility index (Phi) is 6.51. The van der Waals surface area contributed by atoms with Crippen LogP contribution in [0, 0.1) is 13.8 Å². The van der Waals surface area contributed by atoms with Crippen LogP contribution in [0.5, 0.6) is 11.5 Å². The standard InChI is InChI=1S/C24H29N5O4S/c1-4-28-23(27-7-9-31-10-8-27)25-26-24(28)34-15-20(30)19-13-16(2)29(17(19)3)18-5-6-21-22(14-18)33-12-11-32-21/h5-6,13-14H,4,7-12,15H2,1-3H3. The second-order valence-electron chi connectivity index (χ2n) is 8.29. The fourth-order valence-corrected chi connectivity index (χ4v) is 5.36. The predicted molar refractivity (Wildman–Crippen MR) is 130 cm³/mol. The molecule has 0 atom stereocenters. The Labute approximate surface area is 203 Å². The number of thioether (sulfide) groups is 1. The maximum Gasteiger partial charge on any atom is 0.228 e. The van der Waals surface area contributed by atoms with Crippen LogP contribution in [0.3, 0.4) is 0 Å². The highest BCUT2D eigenvalue weighted by Crippen LogP contribution is 2.34. The van der Waals surface area contributed by atoms with Crippen LogP contribution in [0.4, 0.5) is 5.95 Å². The third kappa shape index (κ3) is 4.27. The van der Waals surface area contributed by atoms with Crippen molar-refractivity contribution in [2.45, 2.75) is 32.5 Å². The number of carbonyl (C=O) groups is 1. The number of anilines is 1. The van der Waals surface area contributed by atoms with Crippen molar-refractivity contribution in [3.63, 3.8) is 0 Å². The quantitative estimate of drug-likeness (QED) is 0.374. The van der Waals surface area contributed by atoms with Gasteiger partial charge in [0.05, 0.1) is 19.0 Å². The van der Waals surface area contributed by atoms with E-state index in [4.69, 9.17) is 14.2 Å². The van der Waals surface area contributed by atoms with E-state index in [1.54, 1.807) is 0 Å². The van der Waals surface area contributed by atoms with Crippen molar-refractivity contribution in [1.82, 2.24) is 19.3 Å². The van der Waals surface area contributed by atoms with Crippen LogP contribution in [0.15, 0.2) is 29.4 Å². The number of nitrogens with zero attached hydrogens (tertiary/aromatic N) is 5. The third-order valence-electron chi connectivity index (χ3n) is 6.16. The number of ketones is 1. The fraction of sp³-hybridized carbons (Fsp3) is 0.458. The molecular formula is C24H29N5O4S. The third-order valence-corrected chi connectivity index (χ3v) is 7.12. The minimum Gasteiger partial charge on any atom is -0.486 e. The van der Waals surface area contributed by atoms with Crippen molar-refractivity contribution in [2.24, 2.45) is 0 Å². The van der Waals surface area contributed by atoms with Gasteiger partial charge >= 0.3 is 0 Å². The molecule has 1 saturated heterocycles. The van der Waals surface area contributed by atoms with E-state index in [0.29, 0.717) is 32.2 Å². The number of fused-ring (bicyclic) bond motifs is 1. The van der Waals surface area contributed by atoms with Gasteiger partial charge < -0.3 is 23.7 Å². The molecule has 5 rings (SSSR count). The number of morpholine rings is 1. The second kappa shape index (κ2) is 9.71. The molecule has 0 spiro atoms. The summed E-state index contributed by atoms with van der Waals surface area (Å²) in [5, 5.41) is 9.53. The molecule has 0 saturated carbocycles. The predicted octanol–water partition coefficient (Wildman–Crippen LogP) is 3.29. The van der Waals surface area contributed by atoms with Gasteiger partial charge in [-0.05, 0) is 39.0 Å². The SMILES string of the molecule is CCn1c(SCC(=O)c2cc(C)n(-c3ccc4c(c3)OCCO4)c2C)nnc1N1CCOCC1. The summed E-state index contributed by atoms with van der Waals surface area (Å²) in [6, 6.07) is 7.84. The average molecular weight is 484 g/mol. The minimum absolute atomic E-state index is 0.0699. The Morgan fingerprint density at radius 3 is 2.56 bits per heavy atom. The summed E-state index contributed by atoms with van der Waals surface area (Å²) in [6.45, 7) is 10.9. The largest absolute Gasteiger partial charge is 0.486 e. The van der Waals surface area contributed by atoms with Crippen LogP contribution in [0.25, 0.3) is 5.69 Å². The summed E-state index contributed by atoms with van der Waals surface area (Å²) in [6.07, 6.45) is 0. The van der Waals surface area contributed by atoms with Crippen LogP contribution in [-0.4, -0.2) is 70.4 Å². The molecule has 9 nitrogen and oxygen atoms in total. The topological polar surface area (TPSA) is 83.6 Å². The molecule has 0 amide bonds. The van der Waals surface area contributed by atoms with E-state index in [9.17, 15) is 4.79 Å². The Morgan fingerprint density at radius 1 is 1.03 bits per heavy atom. The Balaban J connectivity index is 1.33. The number of benzene rings is 1. The molecule has 3 aromatic rings. The number of rotatable bonds is 7. The first kappa shape index (κ1) is 22.8. The monoisotopic (exact) mass is 483 g/mol. The van der Waals surface area contributed by atoms with Gasteiger partial charge in [0.1, 0.15) is 13.2 Å². The van der Waals surface area contributed by atoms with Gasteiger partial charge in [-0.1, -0.05) is 11.8 Å². The molecule has 0 bridgehead atoms. The lowest BCUT2D eigenvalue weighted by molar-refractivity contribution is 0.102. The Hall–Kier alpha value is -2.98. The summed E-state index contributed by atoms with van der Waals surface area (Å²) < 4.78 is 21.0. The van der Waals surface area contributed by atoms with Gasteiger partial charge in [-0.15, -0.1) is 10.2 Å². The van der Waals surface area contributed by atoms with Crippen LogP contribution in [-0.2, 0) is 11.3 Å². The molecule has 0 N–H and O–H groups in total. The first-order valence-electron chi connectivity index (χ1n) is 11.6. The molecule has 2 aromatic heterocycles. The van der Waals surface area contributed by atoms with Gasteiger partial charge in [-0.3, -0.25) is 9.36 Å². The van der Waals surface area contributed by atoms with Crippen molar-refractivity contribution in [1.29, 1.82) is 0 Å². The zero-order valence-corrected chi connectivity index (χ0v) is 20.6. The van der Waals surface area contributed by atoms with E-state index in [2.05, 4.69) is 31.2 Å². The van der Waals surface area contributed by atoms with Gasteiger partial charge in [0, 0.05) is 48.3 Å². The molecule has 4 heterocycles. The Bertz CT molecular complexity index is 1200. The van der Waals surface area contributed by atoms with E-state index in [1.165, 1.54) is 11.8 Å². The van der Waals surface area contributed by atoms with Crippen LogP contribution >= 0.6 is 11.8 Å². The van der Waals surface area contributed by atoms with E-state index < -0.39 is 0 Å². The van der Waals surface area contributed by atoms with Gasteiger partial charge in [-0.25, -0.2) is 0 Å². The molecule has 0 radical (unpaired) electrons. The molecule has 0 unspecified atom stereocenters. The summed E-state index contributed by atoms with van der Waals surface area (Å²) in [5.41, 5.74) is 3.57. The normalized spacial score (nSPS) is 15.6. The zero-order chi connectivity index (χ0) is 23.7. The second-order valence-corrected chi connectivity index (χ2v) is 9.23. The number of hydrogen-bond acceptors (Lipinski definition) is 8. The average Bonchev–Trinajstić information content (AvgIpc) is 3.42. The molecule has 1 aromatic carbocycles. The molecule has 0 aliphatic carbocycles. The van der Waals surface area contributed by atoms with Crippen molar-refractivity contribution < 1.29 is 19.0 Å². The fourth-order valence-electron chi connectivity index (χ4n) is 4.48. The van der Waals surface area contributed by atoms with Crippen molar-refractivity contribution in [3.8, 4) is 17.2 Å². The maximum atomic E-state index is 13.2. The van der Waals surface area contributed by atoms with E-state index >= 15 is 0 Å². The summed E-state index contributed by atoms with van der Waals surface area (Å²) >= 11 is 1.43. The first-order valence-corrected chi connectivity index (χ1v) is 12.6. The molecule has 1 fully saturated rings. The Morgan fingerprint density at radius 2 is 1.79 bits per heavy atom. The number of ether oxygens (including phenoxy) is 3. The lowest BCUT2D eigenvalue weighted by atomic mass is 10.2. The van der Waals surface area contributed by atoms with Crippen molar-refractivity contribution >= 4 is 23.5 Å². The molecule has 2 aliphatic heterocycles. The highest BCUT2D eigenvalue weighted by molar-refractivity contribution is 7.99. The van der Waals surface area contributed by atoms with Crippen LogP contribution < -0.4 is 14.4 Å². The van der Waals surface area contributed by atoms with E-state index in [1.807, 2.05) is 38.1 Å². The molecule has 10 heteroatoms. The molecule has 180 valence electrons. The number of Topliss-reactive ketones (excluding diaryl/α,β-unsaturated/α-hetero) is 1. The smallest absolute Gasteiger partial charge is 0.228 e. The van der Waals surface area contributed by atoms with Gasteiger partial charge in [0.15, 0.2) is 22.4 Å². The molecular weight excluding hydrogens is 454 g/mol. The number of aromatic nitrogens is 4. The highest BCUT2D eigenvalue weighted by Gasteiger charge is 2.22. The van der Waals surface area contributed by atoms with Crippen LogP contribution in [0.1, 0.15) is 28.7 Å². The van der Waals surface area contributed by atoms with E-state index in [0.717, 1.165) is 64.9 Å². The number of hydrogen-bond donors (Lipinski definition) is 0. The first-order chi connectivity index (χ1) is 16.6. The minimum atomic E-state index is 0.0699. The highest BCUT2D eigenvalue weighted by atomic mass is 32.2. The van der Waals surface area contributed by atoms with Gasteiger partial charge in [0.25, 0.3) is 0 Å². The summed E-state index contributed by atoms with van der Waals surface area (Å²) in [7, 11) is 0. The van der Waals surface area contributed by atoms with Crippen molar-refractivity contribution in [2.75, 3.05) is 50.2 Å². The number of carbonyl (C=O) groups excluding carboxylic acids is 1. The summed E-state index contributed by atoms with van der Waals surface area (Å²) in [5.74, 6) is 2.70. The molecule has 2 aliphatic rings. The lowest BCUT2D eigenvalue weighted by Crippen LogP contribution is -2.38. The number of aryl methyl sites for hydroxylation is 1. The maximum absolute atomic E-state index is 13.2. The zero-order valence-electron chi connectivity index (χ0n) is 19.7.